The van der Waals surface area contributed by atoms with E-state index in [1.807, 2.05) is 30.3 Å². The normalized spacial score (nSPS) is 16.6. The van der Waals surface area contributed by atoms with E-state index < -0.39 is 37.1 Å². The maximum absolute atomic E-state index is 13.4. The smallest absolute Gasteiger partial charge is 0.469 e. The number of nitrogens with two attached hydrogens (primary N) is 3. The summed E-state index contributed by atoms with van der Waals surface area (Å²) < 4.78 is 0. The summed E-state index contributed by atoms with van der Waals surface area (Å²) in [5.41, 5.74) is 17.7. The van der Waals surface area contributed by atoms with E-state index in [1.54, 1.807) is 0 Å². The molecule has 182 valence electrons. The highest BCUT2D eigenvalue weighted by atomic mass is 16.4. The minimum Gasteiger partial charge on any atom is -0.479 e. The highest BCUT2D eigenvalue weighted by Gasteiger charge is 2.40. The van der Waals surface area contributed by atoms with Crippen LogP contribution >= 0.6 is 0 Å². The molecule has 1 aliphatic rings. The predicted molar refractivity (Wildman–Crippen MR) is 126 cm³/mol. The molecule has 0 aromatic heterocycles. The van der Waals surface area contributed by atoms with Crippen molar-refractivity contribution in [2.45, 2.75) is 69.1 Å². The molecule has 11 nitrogen and oxygen atoms in total. The summed E-state index contributed by atoms with van der Waals surface area (Å²) in [6.45, 7) is 0.248. The molecule has 1 fully saturated rings. The molecule has 33 heavy (non-hydrogen) atoms. The van der Waals surface area contributed by atoms with E-state index in [0.717, 1.165) is 18.4 Å². The first-order valence-electron chi connectivity index (χ1n) is 11.2. The second-order valence-corrected chi connectivity index (χ2v) is 8.36. The van der Waals surface area contributed by atoms with Gasteiger partial charge in [-0.1, -0.05) is 43.2 Å². The van der Waals surface area contributed by atoms with Gasteiger partial charge in [-0.25, -0.2) is 4.79 Å². The number of benzene rings is 1. The molecule has 0 aliphatic heterocycles. The molecule has 0 bridgehead atoms. The molecule has 0 spiro atoms. The van der Waals surface area contributed by atoms with Gasteiger partial charge in [0.2, 0.25) is 5.91 Å². The van der Waals surface area contributed by atoms with Gasteiger partial charge in [0.05, 0.1) is 6.04 Å². The fraction of sp³-hybridized carbons (Fsp3) is 0.571. The van der Waals surface area contributed by atoms with E-state index >= 15 is 0 Å². The largest absolute Gasteiger partial charge is 0.479 e. The Labute approximate surface area is 194 Å². The van der Waals surface area contributed by atoms with E-state index in [0.29, 0.717) is 19.3 Å². The zero-order valence-electron chi connectivity index (χ0n) is 18.7. The lowest BCUT2D eigenvalue weighted by Gasteiger charge is -2.38. The molecule has 10 N–H and O–H groups in total. The number of hydrogen-bond donors (Lipinski definition) is 7. The van der Waals surface area contributed by atoms with Crippen molar-refractivity contribution in [3.05, 3.63) is 35.9 Å². The van der Waals surface area contributed by atoms with Crippen molar-refractivity contribution in [3.8, 4) is 0 Å². The van der Waals surface area contributed by atoms with E-state index in [2.05, 4.69) is 10.3 Å². The van der Waals surface area contributed by atoms with Gasteiger partial charge in [0, 0.05) is 18.5 Å². The van der Waals surface area contributed by atoms with Gasteiger partial charge in [0.15, 0.2) is 12.1 Å². The fourth-order valence-corrected chi connectivity index (χ4v) is 4.16. The highest BCUT2D eigenvalue weighted by molar-refractivity contribution is 6.43. The summed E-state index contributed by atoms with van der Waals surface area (Å²) in [6, 6.07) is 8.03. The number of nitrogens with zero attached hydrogens (tertiary/aromatic N) is 2. The molecule has 1 aromatic rings. The lowest BCUT2D eigenvalue weighted by molar-refractivity contribution is -0.155. The highest BCUT2D eigenvalue weighted by Crippen LogP contribution is 2.26. The third-order valence-electron chi connectivity index (χ3n) is 5.80. The summed E-state index contributed by atoms with van der Waals surface area (Å²) in [4.78, 5) is 30.8. The summed E-state index contributed by atoms with van der Waals surface area (Å²) in [6.07, 6.45) is 2.43. The molecule has 1 unspecified atom stereocenters. The van der Waals surface area contributed by atoms with E-state index in [4.69, 9.17) is 17.2 Å². The second kappa shape index (κ2) is 13.1. The Bertz CT molecular complexity index is 787. The minimum absolute atomic E-state index is 0.0853. The van der Waals surface area contributed by atoms with Gasteiger partial charge in [-0.3, -0.25) is 15.1 Å². The van der Waals surface area contributed by atoms with Crippen LogP contribution in [0.1, 0.15) is 44.1 Å². The van der Waals surface area contributed by atoms with Crippen molar-refractivity contribution in [1.29, 1.82) is 0 Å². The van der Waals surface area contributed by atoms with E-state index in [9.17, 15) is 24.7 Å². The topological polar surface area (TPSA) is 201 Å². The summed E-state index contributed by atoms with van der Waals surface area (Å²) in [7, 11) is -1.84. The standard InChI is InChI=1S/C21H35BN6O5/c23-16(13-14-7-2-1-3-8-14)19(29)28(15-9-4-5-10-15)18(20(30)31)27-17(22(32)33)11-6-12-26-21(24)25/h1-3,7-8,15-18,27,32-33H,4-6,9-13,23H2,(H,30,31)(H4,24,25,26)/t16-,17+,18?/m1/s1. The molecule has 3 atom stereocenters. The quantitative estimate of drug-likeness (QED) is 0.0616. The Morgan fingerprint density at radius 1 is 1.18 bits per heavy atom. The van der Waals surface area contributed by atoms with Gasteiger partial charge < -0.3 is 37.3 Å². The molecular formula is C21H35BN6O5. The molecule has 1 aromatic carbocycles. The van der Waals surface area contributed by atoms with Crippen LogP contribution in [0.2, 0.25) is 0 Å². The maximum atomic E-state index is 13.4. The van der Waals surface area contributed by atoms with Crippen LogP contribution < -0.4 is 22.5 Å². The molecule has 12 heteroatoms. The van der Waals surface area contributed by atoms with Crippen LogP contribution in [0.15, 0.2) is 35.3 Å². The zero-order valence-corrected chi connectivity index (χ0v) is 18.7. The number of carbonyl (C=O) groups is 2. The number of carbonyl (C=O) groups excluding carboxylic acids is 1. The third-order valence-corrected chi connectivity index (χ3v) is 5.80. The van der Waals surface area contributed by atoms with Crippen LogP contribution in [-0.4, -0.2) is 75.7 Å². The number of nitrogens with one attached hydrogen (secondary N) is 1. The number of aliphatic imine (C=N–C) groups is 1. The average Bonchev–Trinajstić information content (AvgIpc) is 3.29. The van der Waals surface area contributed by atoms with Crippen molar-refractivity contribution in [2.24, 2.45) is 22.2 Å². The molecular weight excluding hydrogens is 427 g/mol. The first kappa shape index (κ1) is 26.6. The van der Waals surface area contributed by atoms with Gasteiger partial charge in [-0.05, 0) is 37.7 Å². The Hall–Kier alpha value is -2.67. The second-order valence-electron chi connectivity index (χ2n) is 8.36. The Morgan fingerprint density at radius 2 is 1.82 bits per heavy atom. The first-order chi connectivity index (χ1) is 15.7. The van der Waals surface area contributed by atoms with E-state index in [1.165, 1.54) is 4.90 Å². The third kappa shape index (κ3) is 8.32. The van der Waals surface area contributed by atoms with Crippen molar-refractivity contribution >= 4 is 25.0 Å². The van der Waals surface area contributed by atoms with Crippen LogP contribution in [0.4, 0.5) is 0 Å². The summed E-state index contributed by atoms with van der Waals surface area (Å²) >= 11 is 0. The van der Waals surface area contributed by atoms with Gasteiger partial charge in [-0.15, -0.1) is 0 Å². The van der Waals surface area contributed by atoms with Crippen LogP contribution in [0, 0.1) is 0 Å². The SMILES string of the molecule is NC(N)=NCCC[C@H](NC(C(=O)O)N(C(=O)[C@H](N)Cc1ccccc1)C1CCCC1)B(O)O. The number of aliphatic carboxylic acids is 1. The predicted octanol–water partition coefficient (Wildman–Crippen LogP) is -1.24. The number of carboxylic acids is 1. The van der Waals surface area contributed by atoms with Gasteiger partial charge in [0.25, 0.3) is 0 Å². The van der Waals surface area contributed by atoms with E-state index in [-0.39, 0.29) is 31.4 Å². The van der Waals surface area contributed by atoms with Crippen LogP contribution in [0.25, 0.3) is 0 Å². The lowest BCUT2D eigenvalue weighted by Crippen LogP contribution is -2.64. The summed E-state index contributed by atoms with van der Waals surface area (Å²) in [5.74, 6) is -2.88. The zero-order chi connectivity index (χ0) is 24.4. The van der Waals surface area contributed by atoms with Crippen molar-refractivity contribution in [3.63, 3.8) is 0 Å². The number of rotatable bonds is 13. The van der Waals surface area contributed by atoms with Crippen molar-refractivity contribution in [1.82, 2.24) is 10.2 Å². The van der Waals surface area contributed by atoms with Gasteiger partial charge >= 0.3 is 13.1 Å². The number of guanidine groups is 1. The number of carboxylic acid groups (broad SMARTS) is 1. The first-order valence-corrected chi connectivity index (χ1v) is 11.2. The van der Waals surface area contributed by atoms with Crippen molar-refractivity contribution in [2.75, 3.05) is 6.54 Å². The maximum Gasteiger partial charge on any atom is 0.469 e. The monoisotopic (exact) mass is 462 g/mol. The number of hydrogen-bond acceptors (Lipinski definition) is 7. The molecule has 0 radical (unpaired) electrons. The molecule has 0 saturated heterocycles. The molecule has 2 rings (SSSR count). The Morgan fingerprint density at radius 3 is 2.36 bits per heavy atom. The van der Waals surface area contributed by atoms with Crippen LogP contribution in [-0.2, 0) is 16.0 Å². The molecule has 1 amide bonds. The lowest BCUT2D eigenvalue weighted by atomic mass is 9.76. The van der Waals surface area contributed by atoms with Crippen LogP contribution in [0.5, 0.6) is 0 Å². The Kier molecular flexibility index (Phi) is 10.6. The molecule has 1 saturated carbocycles. The minimum atomic E-state index is -1.84. The fourth-order valence-electron chi connectivity index (χ4n) is 4.16. The van der Waals surface area contributed by atoms with Gasteiger partial charge in [-0.2, -0.15) is 0 Å². The van der Waals surface area contributed by atoms with Gasteiger partial charge in [0.1, 0.15) is 0 Å². The molecule has 1 aliphatic carbocycles. The average molecular weight is 462 g/mol. The molecule has 0 heterocycles. The number of amides is 1. The summed E-state index contributed by atoms with van der Waals surface area (Å²) in [5, 5.41) is 32.4. The Balaban J connectivity index is 2.20. The van der Waals surface area contributed by atoms with Crippen LogP contribution in [0.3, 0.4) is 0 Å². The van der Waals surface area contributed by atoms with Crippen molar-refractivity contribution < 1.29 is 24.7 Å².